The van der Waals surface area contributed by atoms with Crippen molar-refractivity contribution in [1.82, 2.24) is 0 Å². The molecule has 14 heterocycles. The molecule has 21 heteroatoms. The zero-order valence-corrected chi connectivity index (χ0v) is 67.0. The Morgan fingerprint density at radius 1 is 0.110 bits per heavy atom. The smallest absolute Gasteiger partial charge is 0.265 e. The predicted molar refractivity (Wildman–Crippen MR) is 501 cm³/mol. The molecule has 14 nitrogen and oxygen atoms in total. The average molecular weight is 1630 g/mol. The van der Waals surface area contributed by atoms with Crippen molar-refractivity contribution in [3.63, 3.8) is 0 Å². The monoisotopic (exact) mass is 1630 g/mol. The van der Waals surface area contributed by atoms with Gasteiger partial charge >= 0.3 is 0 Å². The SMILES string of the molecule is c1ccc2c(c1)Oc1cccc3c1B2c1c2c(c4c(c1O3)B1c3ccccc3Oc3cccc(c31)O4)B1c3ccccc3Oc3cccc(c31)O2.c1ccc2c(c1)Oc1cccc3c1B2c1cc2c(cc1O3)Oc1cccc3c1B2c1ccccc1O3.c1ccc2c(c1)Oc1cccc3c1B2c1cc2cc4c(cc2cc1O3)B1c2ccccc2Oc2cccc(c21)O4. The van der Waals surface area contributed by atoms with Gasteiger partial charge < -0.3 is 66.3 Å². The minimum atomic E-state index is -0.226. The lowest BCUT2D eigenvalue weighted by Crippen LogP contribution is -2.67. The van der Waals surface area contributed by atoms with Gasteiger partial charge in [-0.15, -0.1) is 0 Å². The van der Waals surface area contributed by atoms with Crippen LogP contribution < -0.4 is 181 Å². The molecule has 14 aliphatic heterocycles. The number of hydrogen-bond acceptors (Lipinski definition) is 14. The summed E-state index contributed by atoms with van der Waals surface area (Å²) in [4.78, 5) is 0. The molecule has 0 N–H and O–H groups in total. The van der Waals surface area contributed by atoms with Crippen LogP contribution in [0.15, 0.2) is 334 Å². The molecule has 0 amide bonds. The van der Waals surface area contributed by atoms with Gasteiger partial charge in [-0.3, -0.25) is 0 Å². The Morgan fingerprint density at radius 3 is 0.504 bits per heavy atom. The van der Waals surface area contributed by atoms with E-state index in [0.717, 1.165) is 286 Å². The van der Waals surface area contributed by atoms with Gasteiger partial charge in [-0.1, -0.05) is 188 Å². The maximum atomic E-state index is 7.19. The fourth-order valence-corrected chi connectivity index (χ4v) is 22.6. The van der Waals surface area contributed by atoms with Gasteiger partial charge in [-0.2, -0.15) is 0 Å². The van der Waals surface area contributed by atoms with E-state index in [0.29, 0.717) is 0 Å². The van der Waals surface area contributed by atoms with Crippen molar-refractivity contribution in [1.29, 1.82) is 0 Å². The molecule has 0 atom stereocenters. The first-order valence-electron chi connectivity index (χ1n) is 43.0. The molecule has 0 radical (unpaired) electrons. The van der Waals surface area contributed by atoms with Crippen molar-refractivity contribution < 1.29 is 66.3 Å². The van der Waals surface area contributed by atoms with Crippen LogP contribution in [0.4, 0.5) is 0 Å². The number of fused-ring (bicyclic) bond motifs is 32. The molecule has 0 aromatic heterocycles. The summed E-state index contributed by atoms with van der Waals surface area (Å²) in [6, 6.07) is 114. The zero-order valence-electron chi connectivity index (χ0n) is 67.0. The summed E-state index contributed by atoms with van der Waals surface area (Å²) in [6.07, 6.45) is 0. The Labute approximate surface area is 728 Å². The Kier molecular flexibility index (Phi) is 13.6. The number of rotatable bonds is 0. The molecule has 0 saturated heterocycles. The lowest BCUT2D eigenvalue weighted by molar-refractivity contribution is 0.440. The van der Waals surface area contributed by atoms with Gasteiger partial charge in [0.1, 0.15) is 161 Å². The van der Waals surface area contributed by atoms with Crippen LogP contribution in [0.1, 0.15) is 0 Å². The van der Waals surface area contributed by atoms with E-state index in [4.69, 9.17) is 66.3 Å². The molecule has 18 aromatic rings. The highest BCUT2D eigenvalue weighted by Crippen LogP contribution is 2.48. The van der Waals surface area contributed by atoms with Crippen LogP contribution in [0.5, 0.6) is 161 Å². The average Bonchev–Trinajstić information content (AvgIpc) is 0.705. The highest BCUT2D eigenvalue weighted by atomic mass is 16.5. The van der Waals surface area contributed by atoms with E-state index < -0.39 is 0 Å². The standard InChI is InChI=1S/C42H21B3O6.C34H18B2O4.C30H16B2O4/c1-4-13-25-22(10-1)43-34-28(46-25)16-7-19-31(34)49-40-37(43)41-39(44-23-11-2-5-14-26(23)47-29-17-8-20-32(50-41)35(29)44)42-38(40)45-24-12-3-6-15-27(24)48-30-18-9-21-33(51-42)36(30)45;1-3-9-25-21(7-1)35-23-15-19-18-32-24(16-20(19)17-31(23)39-29-13-5-11-27(37-25)33(29)35)36-22-8-2-4-10-26(22)38-28-12-6-14-30(40-32)34(28)36;1-3-9-21-17(7-1)31-19-15-20-28(16-27(19)35-25-13-5-11-23(33-21)29(25)31)36-26-14-6-12-24-30(26)32(20)18-8-2-4-10-22(18)34-24/h1-21H;1-18H;1-16H. The molecule has 0 bridgehead atoms. The second kappa shape index (κ2) is 25.3. The summed E-state index contributed by atoms with van der Waals surface area (Å²) in [5.74, 6) is 23.0. The zero-order chi connectivity index (χ0) is 82.3. The van der Waals surface area contributed by atoms with Gasteiger partial charge in [0.2, 0.25) is 0 Å². The van der Waals surface area contributed by atoms with Gasteiger partial charge in [0.25, 0.3) is 47.0 Å². The van der Waals surface area contributed by atoms with Crippen LogP contribution in [0.3, 0.4) is 0 Å². The molecule has 0 spiro atoms. The number of ether oxygens (including phenoxy) is 14. The molecule has 0 fully saturated rings. The summed E-state index contributed by atoms with van der Waals surface area (Å²) >= 11 is 0. The molecule has 18 aromatic carbocycles. The van der Waals surface area contributed by atoms with Crippen molar-refractivity contribution in [2.45, 2.75) is 0 Å². The summed E-state index contributed by atoms with van der Waals surface area (Å²) in [7, 11) is 0. The van der Waals surface area contributed by atoms with E-state index in [-0.39, 0.29) is 47.0 Å². The summed E-state index contributed by atoms with van der Waals surface area (Å²) in [5.41, 5.74) is 22.5. The van der Waals surface area contributed by atoms with E-state index in [1.807, 2.05) is 212 Å². The van der Waals surface area contributed by atoms with Crippen LogP contribution in [0, 0.1) is 0 Å². The maximum absolute atomic E-state index is 7.19. The first-order valence-corrected chi connectivity index (χ1v) is 43.0. The van der Waals surface area contributed by atoms with E-state index >= 15 is 0 Å². The highest BCUT2D eigenvalue weighted by Gasteiger charge is 2.56. The Hall–Kier alpha value is -16.1. The largest absolute Gasteiger partial charge is 0.459 e. The molecule has 584 valence electrons. The van der Waals surface area contributed by atoms with Crippen molar-refractivity contribution in [2.24, 2.45) is 0 Å². The third-order valence-electron chi connectivity index (χ3n) is 27.7. The third-order valence-corrected chi connectivity index (χ3v) is 27.7. The lowest BCUT2D eigenvalue weighted by atomic mass is 9.27. The Balaban J connectivity index is 0.0000000944. The van der Waals surface area contributed by atoms with Crippen LogP contribution in [0.2, 0.25) is 0 Å². The van der Waals surface area contributed by atoms with Crippen LogP contribution in [-0.2, 0) is 0 Å². The Bertz CT molecular complexity index is 7520. The lowest BCUT2D eigenvalue weighted by Gasteiger charge is -2.42. The predicted octanol–water partition coefficient (Wildman–Crippen LogP) is 11.3. The van der Waals surface area contributed by atoms with Gasteiger partial charge in [0, 0.05) is 60.7 Å². The quantitative estimate of drug-likeness (QED) is 0.134. The third kappa shape index (κ3) is 9.50. The first-order chi connectivity index (χ1) is 62.9. The normalized spacial score (nSPS) is 14.4. The fourth-order valence-electron chi connectivity index (χ4n) is 22.6. The topological polar surface area (TPSA) is 129 Å². The minimum absolute atomic E-state index is 0.0157. The Morgan fingerprint density at radius 2 is 0.276 bits per heavy atom. The number of hydrogen-bond donors (Lipinski definition) is 0. The van der Waals surface area contributed by atoms with Crippen molar-refractivity contribution in [2.75, 3.05) is 0 Å². The second-order valence-corrected chi connectivity index (χ2v) is 34.2. The van der Waals surface area contributed by atoms with Gasteiger partial charge in [-0.25, -0.2) is 0 Å². The molecule has 14 aliphatic rings. The van der Waals surface area contributed by atoms with Crippen LogP contribution >= 0.6 is 0 Å². The number of para-hydroxylation sites is 7. The van der Waals surface area contributed by atoms with E-state index in [1.165, 1.54) is 0 Å². The maximum Gasteiger partial charge on any atom is 0.265 e. The van der Waals surface area contributed by atoms with Crippen molar-refractivity contribution >= 4 is 172 Å². The van der Waals surface area contributed by atoms with E-state index in [9.17, 15) is 0 Å². The highest BCUT2D eigenvalue weighted by molar-refractivity contribution is 7.06. The molecule has 127 heavy (non-hydrogen) atoms. The molecule has 0 unspecified atom stereocenters. The first kappa shape index (κ1) is 68.4. The summed E-state index contributed by atoms with van der Waals surface area (Å²) in [5, 5.41) is 2.23. The van der Waals surface area contributed by atoms with E-state index in [1.54, 1.807) is 0 Å². The summed E-state index contributed by atoms with van der Waals surface area (Å²) < 4.78 is 92.5. The van der Waals surface area contributed by atoms with Crippen LogP contribution in [0.25, 0.3) is 10.8 Å². The van der Waals surface area contributed by atoms with Gasteiger partial charge in [-0.05, 0) is 210 Å². The summed E-state index contributed by atoms with van der Waals surface area (Å²) in [6.45, 7) is -0.580. The second-order valence-electron chi connectivity index (χ2n) is 34.2. The molecule has 32 rings (SSSR count). The minimum Gasteiger partial charge on any atom is -0.459 e. The molecule has 0 aliphatic carbocycles. The van der Waals surface area contributed by atoms with Crippen LogP contribution in [-0.4, -0.2) is 47.0 Å². The van der Waals surface area contributed by atoms with Gasteiger partial charge in [0.15, 0.2) is 0 Å². The van der Waals surface area contributed by atoms with E-state index in [2.05, 4.69) is 121 Å². The fraction of sp³-hybridized carbons (Fsp3) is 0. The number of benzene rings is 18. The van der Waals surface area contributed by atoms with Gasteiger partial charge in [0.05, 0.1) is 0 Å². The molecular formula is C106H55B7O14. The van der Waals surface area contributed by atoms with Crippen molar-refractivity contribution in [3.05, 3.63) is 334 Å². The molecule has 0 saturated carbocycles. The molecular weight excluding hydrogens is 1570 g/mol. The van der Waals surface area contributed by atoms with Crippen molar-refractivity contribution in [3.8, 4) is 161 Å².